The first-order valence-electron chi connectivity index (χ1n) is 8.61. The number of rotatable bonds is 5. The summed E-state index contributed by atoms with van der Waals surface area (Å²) in [5.74, 6) is 1.01. The van der Waals surface area contributed by atoms with E-state index in [0.29, 0.717) is 13.0 Å². The minimum absolute atomic E-state index is 0. The molecule has 1 saturated heterocycles. The molecule has 1 aromatic heterocycles. The number of nitrogens with one attached hydrogen (secondary N) is 2. The maximum absolute atomic E-state index is 12.0. The molecule has 2 aromatic rings. The van der Waals surface area contributed by atoms with Gasteiger partial charge < -0.3 is 15.5 Å². The van der Waals surface area contributed by atoms with Gasteiger partial charge in [0.1, 0.15) is 0 Å². The summed E-state index contributed by atoms with van der Waals surface area (Å²) in [6.45, 7) is 2.28. The van der Waals surface area contributed by atoms with E-state index in [4.69, 9.17) is 0 Å². The van der Waals surface area contributed by atoms with Crippen molar-refractivity contribution in [2.75, 3.05) is 18.5 Å². The van der Waals surface area contributed by atoms with Crippen LogP contribution in [0.25, 0.3) is 0 Å². The Kier molecular flexibility index (Phi) is 8.37. The largest absolute Gasteiger partial charge is 0.352 e. The SMILES string of the molecule is CN=C(NCc1ccc(N2CCCCC2=O)cc1)NCc1ccsc1.I. The third kappa shape index (κ3) is 5.70. The minimum atomic E-state index is 0. The summed E-state index contributed by atoms with van der Waals surface area (Å²) in [6, 6.07) is 10.3. The Morgan fingerprint density at radius 1 is 1.12 bits per heavy atom. The van der Waals surface area contributed by atoms with Crippen LogP contribution in [0.5, 0.6) is 0 Å². The number of anilines is 1. The zero-order valence-corrected chi connectivity index (χ0v) is 18.1. The molecule has 3 rings (SSSR count). The zero-order valence-electron chi connectivity index (χ0n) is 14.9. The van der Waals surface area contributed by atoms with Crippen LogP contribution >= 0.6 is 35.3 Å². The second-order valence-electron chi connectivity index (χ2n) is 6.08. The van der Waals surface area contributed by atoms with Crippen molar-refractivity contribution in [3.05, 3.63) is 52.2 Å². The van der Waals surface area contributed by atoms with E-state index in [1.807, 2.05) is 17.0 Å². The average Bonchev–Trinajstić information content (AvgIpc) is 3.16. The molecule has 2 N–H and O–H groups in total. The molecule has 0 spiro atoms. The number of carbonyl (C=O) groups is 1. The highest BCUT2D eigenvalue weighted by Gasteiger charge is 2.19. The summed E-state index contributed by atoms with van der Waals surface area (Å²) in [5, 5.41) is 10.8. The normalized spacial score (nSPS) is 14.7. The maximum atomic E-state index is 12.0. The van der Waals surface area contributed by atoms with E-state index in [0.717, 1.165) is 43.1 Å². The van der Waals surface area contributed by atoms with Crippen molar-refractivity contribution in [2.45, 2.75) is 32.4 Å². The van der Waals surface area contributed by atoms with Crippen LogP contribution < -0.4 is 15.5 Å². The van der Waals surface area contributed by atoms with Gasteiger partial charge >= 0.3 is 0 Å². The van der Waals surface area contributed by atoms with E-state index >= 15 is 0 Å². The minimum Gasteiger partial charge on any atom is -0.352 e. The van der Waals surface area contributed by atoms with Crippen LogP contribution in [0.15, 0.2) is 46.1 Å². The van der Waals surface area contributed by atoms with Crippen LogP contribution in [-0.4, -0.2) is 25.5 Å². The van der Waals surface area contributed by atoms with Crippen LogP contribution in [0.4, 0.5) is 5.69 Å². The lowest BCUT2D eigenvalue weighted by Crippen LogP contribution is -2.36. The van der Waals surface area contributed by atoms with Crippen LogP contribution in [0.3, 0.4) is 0 Å². The molecule has 0 saturated carbocycles. The summed E-state index contributed by atoms with van der Waals surface area (Å²) in [5.41, 5.74) is 3.41. The van der Waals surface area contributed by atoms with E-state index in [-0.39, 0.29) is 29.9 Å². The number of aliphatic imine (C=N–C) groups is 1. The lowest BCUT2D eigenvalue weighted by atomic mass is 10.1. The van der Waals surface area contributed by atoms with Gasteiger partial charge in [0.2, 0.25) is 5.91 Å². The first-order valence-corrected chi connectivity index (χ1v) is 9.55. The fourth-order valence-corrected chi connectivity index (χ4v) is 3.53. The standard InChI is InChI=1S/C19H24N4OS.HI/c1-20-19(22-13-16-9-11-25-14-16)21-12-15-5-7-17(8-6-15)23-10-3-2-4-18(23)24;/h5-9,11,14H,2-4,10,12-13H2,1H3,(H2,20,21,22);1H. The molecule has 1 fully saturated rings. The molecule has 2 heterocycles. The number of hydrogen-bond acceptors (Lipinski definition) is 3. The Morgan fingerprint density at radius 3 is 2.46 bits per heavy atom. The van der Waals surface area contributed by atoms with Crippen LogP contribution in [0, 0.1) is 0 Å². The molecule has 1 aromatic carbocycles. The predicted molar refractivity (Wildman–Crippen MR) is 119 cm³/mol. The van der Waals surface area contributed by atoms with Gasteiger partial charge in [-0.1, -0.05) is 12.1 Å². The highest BCUT2D eigenvalue weighted by Crippen LogP contribution is 2.21. The fourth-order valence-electron chi connectivity index (χ4n) is 2.86. The van der Waals surface area contributed by atoms with E-state index in [1.165, 1.54) is 5.56 Å². The number of nitrogens with zero attached hydrogens (tertiary/aromatic N) is 2. The monoisotopic (exact) mass is 484 g/mol. The number of guanidine groups is 1. The Bertz CT molecular complexity index is 716. The molecule has 0 unspecified atom stereocenters. The number of carbonyl (C=O) groups excluding carboxylic acids is 1. The van der Waals surface area contributed by atoms with Gasteiger partial charge in [-0.05, 0) is 52.9 Å². The van der Waals surface area contributed by atoms with Crippen molar-refractivity contribution in [3.63, 3.8) is 0 Å². The van der Waals surface area contributed by atoms with E-state index in [2.05, 4.69) is 44.6 Å². The summed E-state index contributed by atoms with van der Waals surface area (Å²) in [7, 11) is 1.77. The van der Waals surface area contributed by atoms with Gasteiger partial charge in [0.25, 0.3) is 0 Å². The van der Waals surface area contributed by atoms with Crippen LogP contribution in [0.2, 0.25) is 0 Å². The molecular weight excluding hydrogens is 459 g/mol. The number of amides is 1. The lowest BCUT2D eigenvalue weighted by Gasteiger charge is -2.26. The Morgan fingerprint density at radius 2 is 1.85 bits per heavy atom. The van der Waals surface area contributed by atoms with Crippen molar-refractivity contribution < 1.29 is 4.79 Å². The Labute approximate surface area is 175 Å². The van der Waals surface area contributed by atoms with Crippen molar-refractivity contribution in [3.8, 4) is 0 Å². The molecule has 140 valence electrons. The van der Waals surface area contributed by atoms with Crippen LogP contribution in [0.1, 0.15) is 30.4 Å². The first-order chi connectivity index (χ1) is 12.3. The average molecular weight is 484 g/mol. The summed E-state index contributed by atoms with van der Waals surface area (Å²) in [4.78, 5) is 18.1. The number of thiophene rings is 1. The summed E-state index contributed by atoms with van der Waals surface area (Å²) >= 11 is 1.69. The van der Waals surface area contributed by atoms with Gasteiger partial charge in [0.15, 0.2) is 5.96 Å². The second-order valence-corrected chi connectivity index (χ2v) is 6.86. The van der Waals surface area contributed by atoms with Gasteiger partial charge in [-0.3, -0.25) is 9.79 Å². The third-order valence-corrected chi connectivity index (χ3v) is 5.03. The molecule has 0 atom stereocenters. The Balaban J connectivity index is 0.00000243. The van der Waals surface area contributed by atoms with E-state index < -0.39 is 0 Å². The fraction of sp³-hybridized carbons (Fsp3) is 0.368. The highest BCUT2D eigenvalue weighted by molar-refractivity contribution is 14.0. The highest BCUT2D eigenvalue weighted by atomic mass is 127. The molecule has 0 radical (unpaired) electrons. The molecule has 7 heteroatoms. The molecule has 1 aliphatic rings. The van der Waals surface area contributed by atoms with Gasteiger partial charge in [-0.25, -0.2) is 0 Å². The second kappa shape index (κ2) is 10.5. The first kappa shape index (κ1) is 20.7. The van der Waals surface area contributed by atoms with Crippen molar-refractivity contribution in [2.24, 2.45) is 4.99 Å². The predicted octanol–water partition coefficient (Wildman–Crippen LogP) is 3.75. The molecule has 1 amide bonds. The van der Waals surface area contributed by atoms with Crippen molar-refractivity contribution in [1.29, 1.82) is 0 Å². The summed E-state index contributed by atoms with van der Waals surface area (Å²) in [6.07, 6.45) is 2.76. The van der Waals surface area contributed by atoms with Gasteiger partial charge in [-0.2, -0.15) is 11.3 Å². The third-order valence-electron chi connectivity index (χ3n) is 4.30. The van der Waals surface area contributed by atoms with Crippen molar-refractivity contribution in [1.82, 2.24) is 10.6 Å². The zero-order chi connectivity index (χ0) is 17.5. The smallest absolute Gasteiger partial charge is 0.226 e. The molecular formula is C19H25IN4OS. The molecule has 0 aliphatic carbocycles. The van der Waals surface area contributed by atoms with Crippen molar-refractivity contribution >= 4 is 52.9 Å². The molecule has 26 heavy (non-hydrogen) atoms. The Hall–Kier alpha value is -1.61. The number of halogens is 1. The quantitative estimate of drug-likeness (QED) is 0.386. The van der Waals surface area contributed by atoms with Gasteiger partial charge in [0.05, 0.1) is 0 Å². The molecule has 5 nitrogen and oxygen atoms in total. The molecule has 1 aliphatic heterocycles. The van der Waals surface area contributed by atoms with Gasteiger partial charge in [0, 0.05) is 38.8 Å². The maximum Gasteiger partial charge on any atom is 0.226 e. The molecule has 0 bridgehead atoms. The van der Waals surface area contributed by atoms with E-state index in [9.17, 15) is 4.79 Å². The van der Waals surface area contributed by atoms with Crippen LogP contribution in [-0.2, 0) is 17.9 Å². The van der Waals surface area contributed by atoms with Gasteiger partial charge in [-0.15, -0.1) is 24.0 Å². The number of hydrogen-bond donors (Lipinski definition) is 2. The topological polar surface area (TPSA) is 56.7 Å². The lowest BCUT2D eigenvalue weighted by molar-refractivity contribution is -0.119. The number of piperidine rings is 1. The summed E-state index contributed by atoms with van der Waals surface area (Å²) < 4.78 is 0. The van der Waals surface area contributed by atoms with E-state index in [1.54, 1.807) is 18.4 Å². The number of benzene rings is 1.